The van der Waals surface area contributed by atoms with Gasteiger partial charge in [0.05, 0.1) is 0 Å². The molecule has 2 atom stereocenters. The molecular weight excluding hydrogens is 326 g/mol. The van der Waals surface area contributed by atoms with E-state index in [0.717, 1.165) is 29.7 Å². The first-order valence-corrected chi connectivity index (χ1v) is 8.18. The maximum Gasteiger partial charge on any atom is 0.251 e. The fourth-order valence-electron chi connectivity index (χ4n) is 2.82. The zero-order valence-corrected chi connectivity index (χ0v) is 13.6. The molecule has 2 unspecified atom stereocenters. The van der Waals surface area contributed by atoms with Crippen LogP contribution in [0, 0.1) is 0 Å². The third-order valence-corrected chi connectivity index (χ3v) is 5.46. The van der Waals surface area contributed by atoms with Crippen molar-refractivity contribution in [2.24, 2.45) is 0 Å². The van der Waals surface area contributed by atoms with Crippen molar-refractivity contribution in [1.29, 1.82) is 0 Å². The van der Waals surface area contributed by atoms with E-state index in [9.17, 15) is 4.79 Å². The molecule has 0 fully saturated rings. The number of nitrogens with one attached hydrogen (secondary N) is 1. The zero-order chi connectivity index (χ0) is 14.8. The molecule has 1 amide bonds. The maximum absolute atomic E-state index is 12.0. The Hall–Kier alpha value is -1.61. The van der Waals surface area contributed by atoms with Crippen LogP contribution in [0.4, 0.5) is 0 Å². The second-order valence-corrected chi connectivity index (χ2v) is 6.51. The minimum Gasteiger partial charge on any atom is -0.352 e. The van der Waals surface area contributed by atoms with Gasteiger partial charge in [0.15, 0.2) is 0 Å². The summed E-state index contributed by atoms with van der Waals surface area (Å²) in [5, 5.41) is 2.91. The number of carbonyl (C=O) groups excluding carboxylic acids is 1. The zero-order valence-electron chi connectivity index (χ0n) is 12.0. The van der Waals surface area contributed by atoms with E-state index in [1.165, 1.54) is 5.56 Å². The lowest BCUT2D eigenvalue weighted by molar-refractivity contribution is 0.0946. The molecule has 0 spiro atoms. The predicted molar refractivity (Wildman–Crippen MR) is 89.0 cm³/mol. The first kappa shape index (κ1) is 14.3. The summed E-state index contributed by atoms with van der Waals surface area (Å²) in [4.78, 5) is 12.2. The first-order valence-electron chi connectivity index (χ1n) is 7.27. The highest BCUT2D eigenvalue weighted by molar-refractivity contribution is 9.09. The minimum atomic E-state index is 0.0464. The number of benzene rings is 2. The molecule has 2 aromatic carbocycles. The number of hydrogen-bond donors (Lipinski definition) is 1. The summed E-state index contributed by atoms with van der Waals surface area (Å²) in [7, 11) is 0. The quantitative estimate of drug-likeness (QED) is 0.831. The third-order valence-electron chi connectivity index (χ3n) is 4.14. The molecule has 1 heterocycles. The van der Waals surface area contributed by atoms with Crippen LogP contribution in [0.1, 0.15) is 44.7 Å². The van der Waals surface area contributed by atoms with Crippen molar-refractivity contribution in [3.05, 3.63) is 70.8 Å². The van der Waals surface area contributed by atoms with E-state index in [4.69, 9.17) is 0 Å². The molecule has 2 nitrogen and oxygen atoms in total. The molecule has 21 heavy (non-hydrogen) atoms. The van der Waals surface area contributed by atoms with Crippen LogP contribution in [0.5, 0.6) is 0 Å². The van der Waals surface area contributed by atoms with Crippen LogP contribution < -0.4 is 5.32 Å². The summed E-state index contributed by atoms with van der Waals surface area (Å²) in [5.41, 5.74) is 4.42. The van der Waals surface area contributed by atoms with Crippen molar-refractivity contribution in [2.45, 2.75) is 24.1 Å². The van der Waals surface area contributed by atoms with E-state index >= 15 is 0 Å². The van der Waals surface area contributed by atoms with Crippen LogP contribution in [0.3, 0.4) is 0 Å². The van der Waals surface area contributed by atoms with Crippen molar-refractivity contribution in [3.8, 4) is 0 Å². The van der Waals surface area contributed by atoms with Gasteiger partial charge in [-0.1, -0.05) is 65.3 Å². The van der Waals surface area contributed by atoms with E-state index in [1.807, 2.05) is 12.1 Å². The maximum atomic E-state index is 12.0. The first-order chi connectivity index (χ1) is 10.2. The number of alkyl halides is 1. The van der Waals surface area contributed by atoms with Gasteiger partial charge in [0.25, 0.3) is 5.91 Å². The van der Waals surface area contributed by atoms with E-state index in [-0.39, 0.29) is 10.7 Å². The standard InChI is InChI=1S/C18H18BrNO/c1-12(13-5-3-2-4-6-13)17(19)15-8-7-14-9-10-20-18(21)16(14)11-15/h2-8,11-12,17H,9-10H2,1H3,(H,20,21). The number of hydrogen-bond acceptors (Lipinski definition) is 1. The normalized spacial score (nSPS) is 16.8. The van der Waals surface area contributed by atoms with Gasteiger partial charge in [0.1, 0.15) is 0 Å². The highest BCUT2D eigenvalue weighted by atomic mass is 79.9. The molecule has 0 saturated heterocycles. The molecule has 0 radical (unpaired) electrons. The Morgan fingerprint density at radius 2 is 1.86 bits per heavy atom. The fourth-order valence-corrected chi connectivity index (χ4v) is 3.41. The summed E-state index contributed by atoms with van der Waals surface area (Å²) in [6.07, 6.45) is 0.919. The van der Waals surface area contributed by atoms with E-state index in [0.29, 0.717) is 5.92 Å². The Morgan fingerprint density at radius 3 is 2.62 bits per heavy atom. The molecule has 3 heteroatoms. The lowest BCUT2D eigenvalue weighted by atomic mass is 9.90. The summed E-state index contributed by atoms with van der Waals surface area (Å²) in [6, 6.07) is 16.7. The lowest BCUT2D eigenvalue weighted by Crippen LogP contribution is -2.31. The van der Waals surface area contributed by atoms with Gasteiger partial charge < -0.3 is 5.32 Å². The smallest absolute Gasteiger partial charge is 0.251 e. The largest absolute Gasteiger partial charge is 0.352 e. The van der Waals surface area contributed by atoms with Crippen LogP contribution in [0.15, 0.2) is 48.5 Å². The summed E-state index contributed by atoms with van der Waals surface area (Å²) in [6.45, 7) is 2.94. The molecule has 2 aromatic rings. The van der Waals surface area contributed by atoms with Crippen LogP contribution >= 0.6 is 15.9 Å². The van der Waals surface area contributed by atoms with Crippen LogP contribution in [0.25, 0.3) is 0 Å². The second-order valence-electron chi connectivity index (χ2n) is 5.52. The Morgan fingerprint density at radius 1 is 1.10 bits per heavy atom. The van der Waals surface area contributed by atoms with Gasteiger partial charge in [-0.25, -0.2) is 0 Å². The topological polar surface area (TPSA) is 29.1 Å². The van der Waals surface area contributed by atoms with Crippen molar-refractivity contribution < 1.29 is 4.79 Å². The number of halogens is 1. The average molecular weight is 344 g/mol. The van der Waals surface area contributed by atoms with Crippen molar-refractivity contribution >= 4 is 21.8 Å². The average Bonchev–Trinajstić information content (AvgIpc) is 2.54. The highest BCUT2D eigenvalue weighted by Gasteiger charge is 2.22. The number of amides is 1. The van der Waals surface area contributed by atoms with Crippen molar-refractivity contribution in [1.82, 2.24) is 5.32 Å². The van der Waals surface area contributed by atoms with Crippen LogP contribution in [-0.2, 0) is 6.42 Å². The Labute approximate surface area is 133 Å². The van der Waals surface area contributed by atoms with E-state index in [2.05, 4.69) is 64.6 Å². The molecule has 0 saturated carbocycles. The van der Waals surface area contributed by atoms with Gasteiger partial charge in [-0.15, -0.1) is 0 Å². The van der Waals surface area contributed by atoms with Crippen LogP contribution in [-0.4, -0.2) is 12.5 Å². The van der Waals surface area contributed by atoms with Crippen molar-refractivity contribution in [2.75, 3.05) is 6.54 Å². The fraction of sp³-hybridized carbons (Fsp3) is 0.278. The Bertz CT molecular complexity index is 654. The van der Waals surface area contributed by atoms with Gasteiger partial charge >= 0.3 is 0 Å². The summed E-state index contributed by atoms with van der Waals surface area (Å²) in [5.74, 6) is 0.390. The van der Waals surface area contributed by atoms with Gasteiger partial charge in [-0.3, -0.25) is 4.79 Å². The molecule has 0 bridgehead atoms. The molecule has 108 valence electrons. The minimum absolute atomic E-state index is 0.0464. The van der Waals surface area contributed by atoms with Crippen molar-refractivity contribution in [3.63, 3.8) is 0 Å². The Kier molecular flexibility index (Phi) is 4.11. The summed E-state index contributed by atoms with van der Waals surface area (Å²) >= 11 is 3.80. The SMILES string of the molecule is CC(c1ccccc1)C(Br)c1ccc2c(c1)C(=O)NCC2. The summed E-state index contributed by atoms with van der Waals surface area (Å²) < 4.78 is 0. The van der Waals surface area contributed by atoms with Gasteiger partial charge in [0, 0.05) is 16.9 Å². The second kappa shape index (κ2) is 6.02. The molecule has 0 aliphatic carbocycles. The molecular formula is C18H18BrNO. The van der Waals surface area contributed by atoms with Gasteiger partial charge in [-0.05, 0) is 35.1 Å². The highest BCUT2D eigenvalue weighted by Crippen LogP contribution is 2.38. The third kappa shape index (κ3) is 2.88. The van der Waals surface area contributed by atoms with Gasteiger partial charge in [-0.2, -0.15) is 0 Å². The molecule has 1 aliphatic rings. The van der Waals surface area contributed by atoms with Gasteiger partial charge in [0.2, 0.25) is 0 Å². The number of carbonyl (C=O) groups is 1. The molecule has 3 rings (SSSR count). The molecule has 1 N–H and O–H groups in total. The lowest BCUT2D eigenvalue weighted by Gasteiger charge is -2.22. The molecule has 0 aromatic heterocycles. The van der Waals surface area contributed by atoms with E-state index in [1.54, 1.807) is 0 Å². The molecule has 1 aliphatic heterocycles. The van der Waals surface area contributed by atoms with E-state index < -0.39 is 0 Å². The Balaban J connectivity index is 1.90. The monoisotopic (exact) mass is 343 g/mol. The number of fused-ring (bicyclic) bond motifs is 1. The van der Waals surface area contributed by atoms with Crippen LogP contribution in [0.2, 0.25) is 0 Å². The number of rotatable bonds is 3. The predicted octanol–water partition coefficient (Wildman–Crippen LogP) is 4.21.